The predicted octanol–water partition coefficient (Wildman–Crippen LogP) is -0.927. The average Bonchev–Trinajstić information content (AvgIpc) is 2.15. The molecule has 0 aromatic heterocycles. The smallest absolute Gasteiger partial charge is 0.0451 e. The molecule has 14 heavy (non-hydrogen) atoms. The van der Waals surface area contributed by atoms with Gasteiger partial charge in [0.05, 0.1) is 0 Å². The molecule has 1 aliphatic rings. The minimum Gasteiger partial charge on any atom is -0.550 e. The van der Waals surface area contributed by atoms with Crippen molar-refractivity contribution in [3.63, 3.8) is 0 Å². The fraction of sp³-hybridized carbons (Fsp3) is 0.800. The van der Waals surface area contributed by atoms with Crippen molar-refractivity contribution in [2.24, 2.45) is 11.8 Å². The molecule has 0 N–H and O–H groups in total. The van der Waals surface area contributed by atoms with Gasteiger partial charge in [0.15, 0.2) is 0 Å². The molecular weight excluding hydrogens is 184 g/mol. The molecule has 4 heteroatoms. The molecule has 0 spiro atoms. The minimum absolute atomic E-state index is 0.0355. The summed E-state index contributed by atoms with van der Waals surface area (Å²) < 4.78 is 0. The van der Waals surface area contributed by atoms with E-state index in [4.69, 9.17) is 0 Å². The number of aliphatic carboxylic acids is 2. The molecule has 1 fully saturated rings. The summed E-state index contributed by atoms with van der Waals surface area (Å²) in [6.07, 6.45) is 4.27. The van der Waals surface area contributed by atoms with Gasteiger partial charge in [0, 0.05) is 17.9 Å². The summed E-state index contributed by atoms with van der Waals surface area (Å²) in [7, 11) is 0. The maximum absolute atomic E-state index is 10.7. The maximum atomic E-state index is 10.7. The molecule has 0 radical (unpaired) electrons. The molecule has 1 aliphatic carbocycles. The van der Waals surface area contributed by atoms with E-state index in [-0.39, 0.29) is 5.92 Å². The molecule has 0 saturated heterocycles. The van der Waals surface area contributed by atoms with Crippen molar-refractivity contribution in [3.8, 4) is 0 Å². The fourth-order valence-electron chi connectivity index (χ4n) is 2.16. The van der Waals surface area contributed by atoms with Gasteiger partial charge in [-0.15, -0.1) is 0 Å². The van der Waals surface area contributed by atoms with Crippen LogP contribution in [0.1, 0.15) is 38.5 Å². The van der Waals surface area contributed by atoms with Crippen LogP contribution in [-0.2, 0) is 9.59 Å². The Balaban J connectivity index is 2.56. The van der Waals surface area contributed by atoms with Crippen molar-refractivity contribution in [1.29, 1.82) is 0 Å². The highest BCUT2D eigenvalue weighted by Crippen LogP contribution is 2.31. The molecule has 0 amide bonds. The summed E-state index contributed by atoms with van der Waals surface area (Å²) in [6, 6.07) is 0. The van der Waals surface area contributed by atoms with Crippen LogP contribution in [-0.4, -0.2) is 11.9 Å². The average molecular weight is 198 g/mol. The molecule has 1 unspecified atom stereocenters. The topological polar surface area (TPSA) is 80.3 Å². The van der Waals surface area contributed by atoms with Gasteiger partial charge in [0.1, 0.15) is 0 Å². The number of hydrogen-bond donors (Lipinski definition) is 0. The molecule has 1 atom stereocenters. The molecule has 0 bridgehead atoms. The van der Waals surface area contributed by atoms with Crippen molar-refractivity contribution < 1.29 is 19.8 Å². The minimum atomic E-state index is -1.30. The van der Waals surface area contributed by atoms with Gasteiger partial charge in [-0.3, -0.25) is 0 Å². The van der Waals surface area contributed by atoms with Gasteiger partial charge in [-0.1, -0.05) is 19.3 Å². The maximum Gasteiger partial charge on any atom is 0.0451 e. The molecule has 0 heterocycles. The number of rotatable bonds is 4. The molecule has 0 aliphatic heterocycles. The van der Waals surface area contributed by atoms with Gasteiger partial charge in [-0.2, -0.15) is 0 Å². The zero-order valence-electron chi connectivity index (χ0n) is 8.03. The first-order valence-corrected chi connectivity index (χ1v) is 5.02. The first kappa shape index (κ1) is 11.0. The van der Waals surface area contributed by atoms with Crippen LogP contribution in [0.25, 0.3) is 0 Å². The molecular formula is C10H14O4-2. The first-order chi connectivity index (χ1) is 6.61. The van der Waals surface area contributed by atoms with Crippen LogP contribution in [0.3, 0.4) is 0 Å². The molecule has 4 nitrogen and oxygen atoms in total. The van der Waals surface area contributed by atoms with Crippen LogP contribution in [0.2, 0.25) is 0 Å². The van der Waals surface area contributed by atoms with Gasteiger partial charge in [-0.25, -0.2) is 0 Å². The lowest BCUT2D eigenvalue weighted by Gasteiger charge is -2.31. The van der Waals surface area contributed by atoms with E-state index in [1.165, 1.54) is 0 Å². The van der Waals surface area contributed by atoms with E-state index in [0.29, 0.717) is 0 Å². The van der Waals surface area contributed by atoms with E-state index in [1.807, 2.05) is 0 Å². The van der Waals surface area contributed by atoms with Crippen LogP contribution >= 0.6 is 0 Å². The summed E-state index contributed by atoms with van der Waals surface area (Å²) in [4.78, 5) is 21.1. The lowest BCUT2D eigenvalue weighted by atomic mass is 9.78. The van der Waals surface area contributed by atoms with E-state index in [2.05, 4.69) is 0 Å². The van der Waals surface area contributed by atoms with E-state index >= 15 is 0 Å². The highest BCUT2D eigenvalue weighted by molar-refractivity contribution is 5.75. The zero-order valence-corrected chi connectivity index (χ0v) is 8.03. The van der Waals surface area contributed by atoms with Crippen molar-refractivity contribution in [1.82, 2.24) is 0 Å². The Morgan fingerprint density at radius 2 is 1.71 bits per heavy atom. The fourth-order valence-corrected chi connectivity index (χ4v) is 2.16. The SMILES string of the molecule is O=C([O-])CC(C(=O)[O-])C1CCCCC1. The summed E-state index contributed by atoms with van der Waals surface area (Å²) in [6.45, 7) is 0. The van der Waals surface area contributed by atoms with E-state index in [1.54, 1.807) is 0 Å². The Hall–Kier alpha value is -1.06. The zero-order chi connectivity index (χ0) is 10.6. The number of carboxylic acid groups (broad SMARTS) is 2. The molecule has 1 rings (SSSR count). The van der Waals surface area contributed by atoms with Crippen LogP contribution < -0.4 is 10.2 Å². The van der Waals surface area contributed by atoms with E-state index in [9.17, 15) is 19.8 Å². The summed E-state index contributed by atoms with van der Waals surface area (Å²) in [5, 5.41) is 21.1. The Morgan fingerprint density at radius 1 is 1.14 bits per heavy atom. The highest BCUT2D eigenvalue weighted by Gasteiger charge is 2.24. The monoisotopic (exact) mass is 198 g/mol. The largest absolute Gasteiger partial charge is 0.550 e. The van der Waals surface area contributed by atoms with Gasteiger partial charge in [-0.05, 0) is 25.2 Å². The Morgan fingerprint density at radius 3 is 2.14 bits per heavy atom. The normalized spacial score (nSPS) is 20.3. The molecule has 0 aromatic rings. The van der Waals surface area contributed by atoms with Gasteiger partial charge in [0.25, 0.3) is 0 Å². The lowest BCUT2D eigenvalue weighted by molar-refractivity contribution is -0.322. The summed E-state index contributed by atoms with van der Waals surface area (Å²) in [5.41, 5.74) is 0. The number of carbonyl (C=O) groups excluding carboxylic acids is 2. The van der Waals surface area contributed by atoms with Crippen LogP contribution in [0.4, 0.5) is 0 Å². The van der Waals surface area contributed by atoms with E-state index < -0.39 is 24.3 Å². The molecule has 1 saturated carbocycles. The lowest BCUT2D eigenvalue weighted by Crippen LogP contribution is -2.40. The third kappa shape index (κ3) is 3.01. The quantitative estimate of drug-likeness (QED) is 0.584. The third-order valence-corrected chi connectivity index (χ3v) is 2.91. The standard InChI is InChI=1S/C10H16O4/c11-9(12)6-8(10(13)14)7-4-2-1-3-5-7/h7-8H,1-6H2,(H,11,12)(H,13,14)/p-2. The van der Waals surface area contributed by atoms with Crippen LogP contribution in [0.5, 0.6) is 0 Å². The van der Waals surface area contributed by atoms with Gasteiger partial charge in [0.2, 0.25) is 0 Å². The first-order valence-electron chi connectivity index (χ1n) is 5.02. The van der Waals surface area contributed by atoms with E-state index in [0.717, 1.165) is 32.1 Å². The second-order valence-electron chi connectivity index (χ2n) is 3.90. The van der Waals surface area contributed by atoms with Crippen LogP contribution in [0.15, 0.2) is 0 Å². The summed E-state index contributed by atoms with van der Waals surface area (Å²) >= 11 is 0. The van der Waals surface area contributed by atoms with Crippen molar-refractivity contribution >= 4 is 11.9 Å². The predicted molar refractivity (Wildman–Crippen MR) is 44.7 cm³/mol. The summed E-state index contributed by atoms with van der Waals surface area (Å²) in [5.74, 6) is -3.45. The van der Waals surface area contributed by atoms with Crippen molar-refractivity contribution in [2.45, 2.75) is 38.5 Å². The Labute approximate surface area is 82.9 Å². The van der Waals surface area contributed by atoms with Crippen molar-refractivity contribution in [3.05, 3.63) is 0 Å². The Kier molecular flexibility index (Phi) is 3.92. The van der Waals surface area contributed by atoms with Crippen LogP contribution in [0, 0.1) is 11.8 Å². The van der Waals surface area contributed by atoms with Gasteiger partial charge >= 0.3 is 0 Å². The highest BCUT2D eigenvalue weighted by atomic mass is 16.4. The molecule has 0 aromatic carbocycles. The number of carboxylic acids is 2. The Bertz CT molecular complexity index is 218. The van der Waals surface area contributed by atoms with Gasteiger partial charge < -0.3 is 19.8 Å². The third-order valence-electron chi connectivity index (χ3n) is 2.91. The molecule has 80 valence electrons. The second-order valence-corrected chi connectivity index (χ2v) is 3.90. The number of hydrogen-bond acceptors (Lipinski definition) is 4. The number of carbonyl (C=O) groups is 2. The van der Waals surface area contributed by atoms with Crippen molar-refractivity contribution in [2.75, 3.05) is 0 Å². The second kappa shape index (κ2) is 4.98.